The van der Waals surface area contributed by atoms with Gasteiger partial charge in [-0.15, -0.1) is 0 Å². The summed E-state index contributed by atoms with van der Waals surface area (Å²) in [5.74, 6) is -0.238. The normalized spacial score (nSPS) is 12.4. The summed E-state index contributed by atoms with van der Waals surface area (Å²) in [6.07, 6.45) is 3.47. The van der Waals surface area contributed by atoms with Crippen LogP contribution in [0.2, 0.25) is 0 Å². The molecule has 0 aliphatic carbocycles. The number of hydrogen-bond acceptors (Lipinski definition) is 1. The SMILES string of the molecule is CCCCc1ccc(C(N)c2cc(C)ccc2F)cc1. The lowest BCUT2D eigenvalue weighted by atomic mass is 9.96. The number of unbranched alkanes of at least 4 members (excludes halogenated alkanes) is 1. The van der Waals surface area contributed by atoms with Crippen molar-refractivity contribution in [3.8, 4) is 0 Å². The lowest BCUT2D eigenvalue weighted by molar-refractivity contribution is 0.599. The van der Waals surface area contributed by atoms with Crippen LogP contribution < -0.4 is 5.73 Å². The fraction of sp³-hybridized carbons (Fsp3) is 0.333. The molecule has 0 radical (unpaired) electrons. The Kier molecular flexibility index (Phi) is 4.91. The largest absolute Gasteiger partial charge is 0.320 e. The van der Waals surface area contributed by atoms with Crippen molar-refractivity contribution < 1.29 is 4.39 Å². The van der Waals surface area contributed by atoms with Gasteiger partial charge in [0.15, 0.2) is 0 Å². The molecule has 1 unspecified atom stereocenters. The van der Waals surface area contributed by atoms with Crippen molar-refractivity contribution >= 4 is 0 Å². The van der Waals surface area contributed by atoms with Crippen LogP contribution >= 0.6 is 0 Å². The first-order valence-electron chi connectivity index (χ1n) is 7.22. The Morgan fingerprint density at radius 3 is 2.45 bits per heavy atom. The zero-order valence-electron chi connectivity index (χ0n) is 12.2. The molecule has 0 aliphatic rings. The summed E-state index contributed by atoms with van der Waals surface area (Å²) in [7, 11) is 0. The Morgan fingerprint density at radius 2 is 1.80 bits per heavy atom. The van der Waals surface area contributed by atoms with Gasteiger partial charge < -0.3 is 5.73 Å². The van der Waals surface area contributed by atoms with Crippen molar-refractivity contribution in [2.75, 3.05) is 0 Å². The van der Waals surface area contributed by atoms with E-state index in [0.717, 1.165) is 17.5 Å². The molecule has 2 aromatic rings. The van der Waals surface area contributed by atoms with Crippen molar-refractivity contribution in [1.29, 1.82) is 0 Å². The maximum atomic E-state index is 13.9. The van der Waals surface area contributed by atoms with Gasteiger partial charge in [-0.3, -0.25) is 0 Å². The number of nitrogens with two attached hydrogens (primary N) is 1. The molecule has 0 aliphatic heterocycles. The van der Waals surface area contributed by atoms with E-state index in [1.54, 1.807) is 6.07 Å². The summed E-state index contributed by atoms with van der Waals surface area (Å²) < 4.78 is 13.9. The lowest BCUT2D eigenvalue weighted by Gasteiger charge is -2.15. The van der Waals surface area contributed by atoms with Gasteiger partial charge in [-0.1, -0.05) is 55.3 Å². The second-order valence-electron chi connectivity index (χ2n) is 5.35. The first-order chi connectivity index (χ1) is 9.61. The standard InChI is InChI=1S/C18H22FN/c1-3-4-5-14-7-9-15(10-8-14)18(20)16-12-13(2)6-11-17(16)19/h6-12,18H,3-5,20H2,1-2H3. The molecular weight excluding hydrogens is 249 g/mol. The molecule has 0 bridgehead atoms. The highest BCUT2D eigenvalue weighted by Crippen LogP contribution is 2.23. The average Bonchev–Trinajstić information content (AvgIpc) is 2.47. The summed E-state index contributed by atoms with van der Waals surface area (Å²) in [6.45, 7) is 4.13. The Bertz CT molecular complexity index is 560. The third kappa shape index (κ3) is 3.45. The van der Waals surface area contributed by atoms with Crippen LogP contribution in [0.3, 0.4) is 0 Å². The van der Waals surface area contributed by atoms with E-state index in [-0.39, 0.29) is 5.82 Å². The van der Waals surface area contributed by atoms with Crippen molar-refractivity contribution in [2.24, 2.45) is 5.73 Å². The molecule has 2 aromatic carbocycles. The van der Waals surface area contributed by atoms with Crippen molar-refractivity contribution in [3.05, 3.63) is 70.5 Å². The molecule has 2 rings (SSSR count). The lowest BCUT2D eigenvalue weighted by Crippen LogP contribution is -2.13. The zero-order chi connectivity index (χ0) is 14.5. The summed E-state index contributed by atoms with van der Waals surface area (Å²) in [5.41, 5.74) is 10.0. The van der Waals surface area contributed by atoms with Crippen LogP contribution in [-0.4, -0.2) is 0 Å². The Morgan fingerprint density at radius 1 is 1.10 bits per heavy atom. The van der Waals surface area contributed by atoms with Crippen LogP contribution in [-0.2, 0) is 6.42 Å². The fourth-order valence-electron chi connectivity index (χ4n) is 2.35. The number of rotatable bonds is 5. The van der Waals surface area contributed by atoms with E-state index in [2.05, 4.69) is 19.1 Å². The fourth-order valence-corrected chi connectivity index (χ4v) is 2.35. The van der Waals surface area contributed by atoms with E-state index < -0.39 is 6.04 Å². The van der Waals surface area contributed by atoms with Crippen LogP contribution in [0.4, 0.5) is 4.39 Å². The molecular formula is C18H22FN. The number of benzene rings is 2. The highest BCUT2D eigenvalue weighted by atomic mass is 19.1. The van der Waals surface area contributed by atoms with Crippen molar-refractivity contribution in [3.63, 3.8) is 0 Å². The van der Waals surface area contributed by atoms with Gasteiger partial charge in [-0.25, -0.2) is 4.39 Å². The van der Waals surface area contributed by atoms with Gasteiger partial charge >= 0.3 is 0 Å². The number of aryl methyl sites for hydroxylation is 2. The maximum Gasteiger partial charge on any atom is 0.128 e. The summed E-state index contributed by atoms with van der Waals surface area (Å²) in [6, 6.07) is 12.9. The molecule has 0 amide bonds. The van der Waals surface area contributed by atoms with E-state index in [4.69, 9.17) is 5.73 Å². The van der Waals surface area contributed by atoms with Gasteiger partial charge in [-0.2, -0.15) is 0 Å². The minimum atomic E-state index is -0.407. The van der Waals surface area contributed by atoms with Gasteiger partial charge in [-0.05, 0) is 37.0 Å². The van der Waals surface area contributed by atoms with Crippen molar-refractivity contribution in [1.82, 2.24) is 0 Å². The Labute approximate surface area is 120 Å². The van der Waals surface area contributed by atoms with Gasteiger partial charge in [0.1, 0.15) is 5.82 Å². The number of hydrogen-bond donors (Lipinski definition) is 1. The van der Waals surface area contributed by atoms with Crippen LogP contribution in [0.1, 0.15) is 48.1 Å². The molecule has 0 fully saturated rings. The topological polar surface area (TPSA) is 26.0 Å². The van der Waals surface area contributed by atoms with E-state index in [1.165, 1.54) is 24.5 Å². The van der Waals surface area contributed by atoms with Gasteiger partial charge in [0.2, 0.25) is 0 Å². The predicted octanol–water partition coefficient (Wildman–Crippen LogP) is 4.52. The highest BCUT2D eigenvalue weighted by molar-refractivity contribution is 5.35. The molecule has 2 heteroatoms. The average molecular weight is 271 g/mol. The minimum absolute atomic E-state index is 0.238. The van der Waals surface area contributed by atoms with E-state index in [1.807, 2.05) is 25.1 Å². The zero-order valence-corrected chi connectivity index (χ0v) is 12.2. The monoisotopic (exact) mass is 271 g/mol. The third-order valence-electron chi connectivity index (χ3n) is 3.64. The predicted molar refractivity (Wildman–Crippen MR) is 82.2 cm³/mol. The summed E-state index contributed by atoms with van der Waals surface area (Å²) in [5, 5.41) is 0. The van der Waals surface area contributed by atoms with Crippen LogP contribution in [0.15, 0.2) is 42.5 Å². The van der Waals surface area contributed by atoms with Crippen LogP contribution in [0.5, 0.6) is 0 Å². The van der Waals surface area contributed by atoms with E-state index >= 15 is 0 Å². The minimum Gasteiger partial charge on any atom is -0.320 e. The van der Waals surface area contributed by atoms with E-state index in [9.17, 15) is 4.39 Å². The molecule has 1 nitrogen and oxygen atoms in total. The van der Waals surface area contributed by atoms with Crippen LogP contribution in [0, 0.1) is 12.7 Å². The van der Waals surface area contributed by atoms with Gasteiger partial charge in [0.25, 0.3) is 0 Å². The Hall–Kier alpha value is -1.67. The van der Waals surface area contributed by atoms with E-state index in [0.29, 0.717) is 5.56 Å². The smallest absolute Gasteiger partial charge is 0.128 e. The third-order valence-corrected chi connectivity index (χ3v) is 3.64. The summed E-state index contributed by atoms with van der Waals surface area (Å²) >= 11 is 0. The molecule has 0 heterocycles. The quantitative estimate of drug-likeness (QED) is 0.849. The number of halogens is 1. The molecule has 1 atom stereocenters. The molecule has 20 heavy (non-hydrogen) atoms. The maximum absolute atomic E-state index is 13.9. The molecule has 0 spiro atoms. The van der Waals surface area contributed by atoms with Crippen molar-refractivity contribution in [2.45, 2.75) is 39.2 Å². The summed E-state index contributed by atoms with van der Waals surface area (Å²) in [4.78, 5) is 0. The molecule has 0 aromatic heterocycles. The molecule has 0 saturated heterocycles. The second-order valence-corrected chi connectivity index (χ2v) is 5.35. The first kappa shape index (κ1) is 14.7. The van der Waals surface area contributed by atoms with Gasteiger partial charge in [0.05, 0.1) is 6.04 Å². The molecule has 0 saturated carbocycles. The second kappa shape index (κ2) is 6.67. The first-order valence-corrected chi connectivity index (χ1v) is 7.22. The molecule has 106 valence electrons. The van der Waals surface area contributed by atoms with Crippen LogP contribution in [0.25, 0.3) is 0 Å². The molecule has 2 N–H and O–H groups in total. The van der Waals surface area contributed by atoms with Gasteiger partial charge in [0, 0.05) is 5.56 Å². The Balaban J connectivity index is 2.20. The highest BCUT2D eigenvalue weighted by Gasteiger charge is 2.13.